The number of ketones is 1. The quantitative estimate of drug-likeness (QED) is 0.0921. The van der Waals surface area contributed by atoms with Gasteiger partial charge in [0.15, 0.2) is 34.0 Å². The first-order valence-corrected chi connectivity index (χ1v) is 16.1. The molecule has 5 rings (SSSR count). The minimum Gasteiger partial charge on any atom is -0.478 e. The number of pyridine rings is 1. The molecule has 3 aromatic rings. The highest BCUT2D eigenvalue weighted by atomic mass is 32.2. The number of ether oxygens (including phenoxy) is 1. The van der Waals surface area contributed by atoms with Gasteiger partial charge in [-0.2, -0.15) is 21.6 Å². The first kappa shape index (κ1) is 30.2. The van der Waals surface area contributed by atoms with E-state index in [0.717, 1.165) is 29.2 Å². The highest BCUT2D eigenvalue weighted by Crippen LogP contribution is 2.53. The van der Waals surface area contributed by atoms with E-state index < -0.39 is 29.1 Å². The summed E-state index contributed by atoms with van der Waals surface area (Å²) < 4.78 is 11.8. The van der Waals surface area contributed by atoms with E-state index in [1.807, 2.05) is 41.5 Å². The molecule has 17 heteroatoms. The fraction of sp³-hybridized carbons (Fsp3) is 0.360. The van der Waals surface area contributed by atoms with E-state index in [-0.39, 0.29) is 36.1 Å². The van der Waals surface area contributed by atoms with Gasteiger partial charge in [0.05, 0.1) is 29.1 Å². The number of carboxylic acids is 1. The van der Waals surface area contributed by atoms with Crippen LogP contribution in [0, 0.1) is 17.2 Å². The summed E-state index contributed by atoms with van der Waals surface area (Å²) in [5, 5.41) is 33.5. The maximum absolute atomic E-state index is 13.6. The fourth-order valence-electron chi connectivity index (χ4n) is 4.67. The van der Waals surface area contributed by atoms with Crippen molar-refractivity contribution in [2.45, 2.75) is 29.2 Å². The lowest BCUT2D eigenvalue weighted by Crippen LogP contribution is -2.63. The van der Waals surface area contributed by atoms with Crippen molar-refractivity contribution in [3.8, 4) is 11.3 Å². The number of hydroxylamine groups is 1. The molecule has 4 N–H and O–H groups in total. The van der Waals surface area contributed by atoms with Crippen LogP contribution >= 0.6 is 46.4 Å². The van der Waals surface area contributed by atoms with Crippen molar-refractivity contribution < 1.29 is 34.0 Å². The number of carbonyl (C=O) groups excluding carboxylic acids is 1. The average Bonchev–Trinajstić information content (AvgIpc) is 3.65. The number of nitrogens with zero attached hydrogens (tertiary/aromatic N) is 5. The smallest absolute Gasteiger partial charge is 0.333 e. The van der Waals surface area contributed by atoms with Gasteiger partial charge in [-0.1, -0.05) is 16.9 Å². The van der Waals surface area contributed by atoms with Gasteiger partial charge < -0.3 is 19.9 Å². The van der Waals surface area contributed by atoms with Crippen LogP contribution in [0.2, 0.25) is 0 Å². The summed E-state index contributed by atoms with van der Waals surface area (Å²) in [4.78, 5) is 41.0. The zero-order valence-corrected chi connectivity index (χ0v) is 25.6. The largest absolute Gasteiger partial charge is 0.478 e. The molecule has 3 aromatic heterocycles. The molecule has 1 aliphatic carbocycles. The van der Waals surface area contributed by atoms with E-state index >= 15 is 0 Å². The first-order valence-electron chi connectivity index (χ1n) is 12.6. The van der Waals surface area contributed by atoms with Gasteiger partial charge in [0.25, 0.3) is 0 Å². The molecule has 1 fully saturated rings. The highest BCUT2D eigenvalue weighted by Gasteiger charge is 2.59. The number of hydrogen-bond donors (Lipinski definition) is 4. The fourth-order valence-corrected chi connectivity index (χ4v) is 9.01. The molecular weight excluding hydrogens is 623 g/mol. The first-order chi connectivity index (χ1) is 20.4. The van der Waals surface area contributed by atoms with Gasteiger partial charge in [-0.3, -0.25) is 10.2 Å². The summed E-state index contributed by atoms with van der Waals surface area (Å²) in [5.41, 5.74) is 4.10. The van der Waals surface area contributed by atoms with Gasteiger partial charge in [-0.25, -0.2) is 19.3 Å². The molecular formula is C25H26N7O6S4+. The van der Waals surface area contributed by atoms with Gasteiger partial charge in [-0.05, 0) is 18.5 Å². The van der Waals surface area contributed by atoms with Crippen LogP contribution in [0.4, 0.5) is 0 Å². The molecule has 4 heterocycles. The third-order valence-corrected chi connectivity index (χ3v) is 10.9. The zero-order chi connectivity index (χ0) is 29.8. The second-order valence-electron chi connectivity index (χ2n) is 9.12. The molecule has 2 aliphatic rings. The number of carbonyl (C=O) groups is 2. The Morgan fingerprint density at radius 1 is 1.38 bits per heavy atom. The molecule has 1 saturated carbocycles. The Balaban J connectivity index is 1.39. The number of aromatic nitrogens is 4. The molecule has 0 bridgehead atoms. The van der Waals surface area contributed by atoms with E-state index in [1.165, 1.54) is 34.9 Å². The zero-order valence-electron chi connectivity index (χ0n) is 22.3. The van der Waals surface area contributed by atoms with Gasteiger partial charge in [0.1, 0.15) is 31.8 Å². The van der Waals surface area contributed by atoms with Gasteiger partial charge >= 0.3 is 5.97 Å². The van der Waals surface area contributed by atoms with Crippen molar-refractivity contribution in [1.82, 2.24) is 19.8 Å². The number of hydrogen-bond acceptors (Lipinski definition) is 15. The topological polar surface area (TPSA) is 184 Å². The molecule has 0 saturated heterocycles. The van der Waals surface area contributed by atoms with Crippen molar-refractivity contribution in [2.24, 2.45) is 24.0 Å². The number of carboxylic acid groups (broad SMARTS) is 1. The summed E-state index contributed by atoms with van der Waals surface area (Å²) >= 11 is 5.17. The lowest BCUT2D eigenvalue weighted by atomic mass is 9.65. The molecule has 0 amide bonds. The number of fused-ring (bicyclic) bond motifs is 1. The lowest BCUT2D eigenvalue weighted by molar-refractivity contribution is -0.671. The van der Waals surface area contributed by atoms with Crippen LogP contribution in [0.25, 0.3) is 11.3 Å². The van der Waals surface area contributed by atoms with E-state index in [2.05, 4.69) is 25.0 Å². The summed E-state index contributed by atoms with van der Waals surface area (Å²) in [6.07, 6.45) is 4.65. The third kappa shape index (κ3) is 6.11. The van der Waals surface area contributed by atoms with Crippen LogP contribution in [0.1, 0.15) is 17.8 Å². The molecule has 2 unspecified atom stereocenters. The second kappa shape index (κ2) is 13.4. The van der Waals surface area contributed by atoms with Crippen LogP contribution in [-0.2, 0) is 32.8 Å². The van der Waals surface area contributed by atoms with Gasteiger partial charge in [0, 0.05) is 39.0 Å². The van der Waals surface area contributed by atoms with Crippen molar-refractivity contribution in [3.05, 3.63) is 51.2 Å². The Bertz CT molecular complexity index is 1540. The van der Waals surface area contributed by atoms with Gasteiger partial charge in [-0.15, -0.1) is 11.3 Å². The predicted octanol–water partition coefficient (Wildman–Crippen LogP) is 2.76. The van der Waals surface area contributed by atoms with Crippen molar-refractivity contribution in [2.75, 3.05) is 12.4 Å². The Hall–Kier alpha value is -3.22. The summed E-state index contributed by atoms with van der Waals surface area (Å²) in [7, 11) is 1.93. The SMILES string of the molecule is CCO/N=C(/c1nsc(COC=N)n1)C(NO)[C@@H]1C(=O)C2C(C(=O)O)=C(Sc3nc(-c4cc[n+](C)cc4)cs3)CS[C@@H]21. The molecule has 0 aromatic carbocycles. The number of aryl methyl sites for hydroxylation is 1. The molecule has 13 nitrogen and oxygen atoms in total. The lowest BCUT2D eigenvalue weighted by Gasteiger charge is -2.48. The van der Waals surface area contributed by atoms with Crippen LogP contribution in [0.5, 0.6) is 0 Å². The van der Waals surface area contributed by atoms with Crippen molar-refractivity contribution in [1.29, 1.82) is 5.41 Å². The Morgan fingerprint density at radius 2 is 2.17 bits per heavy atom. The molecule has 220 valence electrons. The van der Waals surface area contributed by atoms with Crippen LogP contribution < -0.4 is 10.0 Å². The number of oxime groups is 1. The maximum Gasteiger partial charge on any atom is 0.333 e. The van der Waals surface area contributed by atoms with Crippen LogP contribution in [0.15, 0.2) is 49.9 Å². The summed E-state index contributed by atoms with van der Waals surface area (Å²) in [6, 6.07) is 2.88. The number of thiazole rings is 1. The standard InChI is InChI=1S/C25H25N7O6S4/c1-3-38-30-20(23-28-15(42-31-23)8-37-11-26)19(29-36)18-21(33)17-16(24(34)35)14(10-39-22(17)18)41-25-27-13(9-40-25)12-4-6-32(2)7-5-12/h4-7,9,11,17-19,22,26,29,36H,3,8,10H2,1-2H3/p+1/b26-11?,30-20+/t17?,18-,19?,22+/m1/s1. The van der Waals surface area contributed by atoms with Crippen molar-refractivity contribution in [3.63, 3.8) is 0 Å². The highest BCUT2D eigenvalue weighted by molar-refractivity contribution is 8.07. The third-order valence-electron chi connectivity index (χ3n) is 6.61. The van der Waals surface area contributed by atoms with Crippen molar-refractivity contribution >= 4 is 70.3 Å². The maximum atomic E-state index is 13.6. The Kier molecular flexibility index (Phi) is 9.64. The number of Topliss-reactive ketones (excluding diaryl/α,β-unsaturated/α-hetero) is 1. The molecule has 42 heavy (non-hydrogen) atoms. The predicted molar refractivity (Wildman–Crippen MR) is 158 cm³/mol. The number of nitrogens with one attached hydrogen (secondary N) is 2. The minimum atomic E-state index is -1.15. The average molecular weight is 649 g/mol. The minimum absolute atomic E-state index is 0.0289. The summed E-state index contributed by atoms with van der Waals surface area (Å²) in [6.45, 7) is 1.99. The van der Waals surface area contributed by atoms with E-state index in [4.69, 9.17) is 15.0 Å². The normalized spacial score (nSPS) is 21.0. The van der Waals surface area contributed by atoms with E-state index in [0.29, 0.717) is 20.0 Å². The van der Waals surface area contributed by atoms with Crippen LogP contribution in [0.3, 0.4) is 0 Å². The number of aliphatic carboxylic acids is 1. The van der Waals surface area contributed by atoms with Crippen LogP contribution in [-0.4, -0.2) is 72.2 Å². The van der Waals surface area contributed by atoms with E-state index in [1.54, 1.807) is 6.92 Å². The van der Waals surface area contributed by atoms with Gasteiger partial charge in [0.2, 0.25) is 0 Å². The monoisotopic (exact) mass is 648 g/mol. The molecule has 1 aliphatic heterocycles. The molecule has 0 spiro atoms. The molecule has 0 radical (unpaired) electrons. The number of rotatable bonds is 13. The Labute approximate surface area is 256 Å². The van der Waals surface area contributed by atoms with E-state index in [9.17, 15) is 19.9 Å². The second-order valence-corrected chi connectivity index (χ2v) is 13.3. The molecule has 4 atom stereocenters. The Morgan fingerprint density at radius 3 is 2.86 bits per heavy atom. The summed E-state index contributed by atoms with van der Waals surface area (Å²) in [5.74, 6) is -2.65. The number of thioether (sulfide) groups is 2.